The van der Waals surface area contributed by atoms with Crippen molar-refractivity contribution in [1.29, 1.82) is 0 Å². The van der Waals surface area contributed by atoms with Crippen molar-refractivity contribution >= 4 is 11.8 Å². The summed E-state index contributed by atoms with van der Waals surface area (Å²) in [7, 11) is 0. The van der Waals surface area contributed by atoms with Crippen LogP contribution in [0.3, 0.4) is 0 Å². The fourth-order valence-electron chi connectivity index (χ4n) is 1.67. The quantitative estimate of drug-likeness (QED) is 0.747. The summed E-state index contributed by atoms with van der Waals surface area (Å²) >= 11 is 0. The number of nitrogens with one attached hydrogen (secondary N) is 1. The number of hydrogen-bond acceptors (Lipinski definition) is 6. The van der Waals surface area contributed by atoms with Crippen molar-refractivity contribution in [2.24, 2.45) is 0 Å². The fraction of sp³-hybridized carbons (Fsp3) is 0.286. The lowest BCUT2D eigenvalue weighted by atomic mass is 10.2. The molecule has 20 heavy (non-hydrogen) atoms. The van der Waals surface area contributed by atoms with Crippen LogP contribution in [-0.2, 0) is 6.61 Å². The number of aliphatic hydroxyl groups excluding tert-OH is 1. The molecular weight excluding hydrogens is 256 g/mol. The van der Waals surface area contributed by atoms with Crippen molar-refractivity contribution in [3.8, 4) is 11.6 Å². The SMILES string of the molecule is CCCNc1cc(Oc2cccc(CO)c2)nc(N)n1. The minimum Gasteiger partial charge on any atom is -0.439 e. The minimum absolute atomic E-state index is 0.0353. The summed E-state index contributed by atoms with van der Waals surface area (Å²) in [5.41, 5.74) is 6.43. The van der Waals surface area contributed by atoms with Gasteiger partial charge >= 0.3 is 0 Å². The van der Waals surface area contributed by atoms with Gasteiger partial charge in [-0.3, -0.25) is 0 Å². The van der Waals surface area contributed by atoms with E-state index in [1.807, 2.05) is 12.1 Å². The molecule has 0 aliphatic carbocycles. The predicted molar refractivity (Wildman–Crippen MR) is 77.7 cm³/mol. The number of rotatable bonds is 6. The van der Waals surface area contributed by atoms with Crippen LogP contribution in [0.4, 0.5) is 11.8 Å². The van der Waals surface area contributed by atoms with Crippen LogP contribution in [0.2, 0.25) is 0 Å². The highest BCUT2D eigenvalue weighted by Gasteiger charge is 2.05. The molecule has 0 aliphatic heterocycles. The number of anilines is 2. The smallest absolute Gasteiger partial charge is 0.226 e. The first-order chi connectivity index (χ1) is 9.71. The maximum absolute atomic E-state index is 9.10. The summed E-state index contributed by atoms with van der Waals surface area (Å²) in [5, 5.41) is 12.2. The Kier molecular flexibility index (Phi) is 4.73. The molecule has 0 amide bonds. The number of aliphatic hydroxyl groups is 1. The molecule has 6 heteroatoms. The molecule has 106 valence electrons. The second-order valence-electron chi connectivity index (χ2n) is 4.28. The monoisotopic (exact) mass is 274 g/mol. The topological polar surface area (TPSA) is 93.3 Å². The molecule has 0 atom stereocenters. The Morgan fingerprint density at radius 1 is 1.30 bits per heavy atom. The lowest BCUT2D eigenvalue weighted by Crippen LogP contribution is -2.05. The van der Waals surface area contributed by atoms with Crippen molar-refractivity contribution in [2.75, 3.05) is 17.6 Å². The molecular formula is C14H18N4O2. The van der Waals surface area contributed by atoms with E-state index in [9.17, 15) is 0 Å². The molecule has 1 aromatic heterocycles. The zero-order valence-electron chi connectivity index (χ0n) is 11.3. The Balaban J connectivity index is 2.17. The van der Waals surface area contributed by atoms with E-state index in [1.54, 1.807) is 18.2 Å². The first-order valence-corrected chi connectivity index (χ1v) is 6.47. The van der Waals surface area contributed by atoms with Gasteiger partial charge in [0.05, 0.1) is 6.61 Å². The molecule has 0 saturated heterocycles. The zero-order valence-corrected chi connectivity index (χ0v) is 11.3. The van der Waals surface area contributed by atoms with E-state index in [2.05, 4.69) is 22.2 Å². The summed E-state index contributed by atoms with van der Waals surface area (Å²) in [6.45, 7) is 2.83. The standard InChI is InChI=1S/C14H18N4O2/c1-2-6-16-12-8-13(18-14(15)17-12)20-11-5-3-4-10(7-11)9-19/h3-5,7-8,19H,2,6,9H2,1H3,(H3,15,16,17,18). The van der Waals surface area contributed by atoms with Crippen molar-refractivity contribution in [2.45, 2.75) is 20.0 Å². The molecule has 1 heterocycles. The van der Waals surface area contributed by atoms with Gasteiger partial charge in [0, 0.05) is 12.6 Å². The Morgan fingerprint density at radius 2 is 2.15 bits per heavy atom. The molecule has 0 radical (unpaired) electrons. The number of ether oxygens (including phenoxy) is 1. The van der Waals surface area contributed by atoms with Gasteiger partial charge in [0.1, 0.15) is 11.6 Å². The minimum atomic E-state index is -0.0353. The largest absolute Gasteiger partial charge is 0.439 e. The van der Waals surface area contributed by atoms with Crippen LogP contribution < -0.4 is 15.8 Å². The molecule has 2 rings (SSSR count). The first kappa shape index (κ1) is 14.1. The van der Waals surface area contributed by atoms with E-state index in [-0.39, 0.29) is 12.6 Å². The summed E-state index contributed by atoms with van der Waals surface area (Å²) in [6, 6.07) is 8.85. The van der Waals surface area contributed by atoms with Crippen LogP contribution in [-0.4, -0.2) is 21.6 Å². The second kappa shape index (κ2) is 6.72. The van der Waals surface area contributed by atoms with E-state index in [1.165, 1.54) is 0 Å². The van der Waals surface area contributed by atoms with Crippen molar-refractivity contribution in [1.82, 2.24) is 9.97 Å². The predicted octanol–water partition coefficient (Wildman–Crippen LogP) is 2.17. The summed E-state index contributed by atoms with van der Waals surface area (Å²) < 4.78 is 5.64. The van der Waals surface area contributed by atoms with E-state index >= 15 is 0 Å². The molecule has 2 aromatic rings. The highest BCUT2D eigenvalue weighted by atomic mass is 16.5. The molecule has 1 aromatic carbocycles. The summed E-state index contributed by atoms with van der Waals surface area (Å²) in [5.74, 6) is 1.74. The normalized spacial score (nSPS) is 10.3. The van der Waals surface area contributed by atoms with Gasteiger partial charge in [0.2, 0.25) is 11.8 Å². The number of nitrogens with two attached hydrogens (primary N) is 1. The van der Waals surface area contributed by atoms with E-state index in [4.69, 9.17) is 15.6 Å². The molecule has 0 aliphatic rings. The van der Waals surface area contributed by atoms with Crippen LogP contribution in [0.5, 0.6) is 11.6 Å². The number of nitrogen functional groups attached to an aromatic ring is 1. The Labute approximate surface area is 117 Å². The maximum atomic E-state index is 9.10. The number of nitrogens with zero attached hydrogens (tertiary/aromatic N) is 2. The van der Waals surface area contributed by atoms with E-state index in [0.29, 0.717) is 17.4 Å². The van der Waals surface area contributed by atoms with Crippen molar-refractivity contribution in [3.63, 3.8) is 0 Å². The van der Waals surface area contributed by atoms with Gasteiger partial charge in [-0.05, 0) is 24.1 Å². The highest BCUT2D eigenvalue weighted by molar-refractivity contribution is 5.44. The number of hydrogen-bond donors (Lipinski definition) is 3. The van der Waals surface area contributed by atoms with Gasteiger partial charge in [-0.2, -0.15) is 9.97 Å². The highest BCUT2D eigenvalue weighted by Crippen LogP contribution is 2.23. The Bertz CT molecular complexity index is 575. The van der Waals surface area contributed by atoms with Crippen LogP contribution in [0.1, 0.15) is 18.9 Å². The van der Waals surface area contributed by atoms with Gasteiger partial charge in [-0.15, -0.1) is 0 Å². The summed E-state index contributed by atoms with van der Waals surface area (Å²) in [4.78, 5) is 8.12. The van der Waals surface area contributed by atoms with Crippen LogP contribution in [0.15, 0.2) is 30.3 Å². The first-order valence-electron chi connectivity index (χ1n) is 6.47. The van der Waals surface area contributed by atoms with Crippen LogP contribution >= 0.6 is 0 Å². The molecule has 0 fully saturated rings. The van der Waals surface area contributed by atoms with E-state index < -0.39 is 0 Å². The third-order valence-corrected chi connectivity index (χ3v) is 2.58. The van der Waals surface area contributed by atoms with E-state index in [0.717, 1.165) is 18.5 Å². The van der Waals surface area contributed by atoms with Gasteiger partial charge in [-0.25, -0.2) is 0 Å². The average molecular weight is 274 g/mol. The Morgan fingerprint density at radius 3 is 2.90 bits per heavy atom. The zero-order chi connectivity index (χ0) is 14.4. The van der Waals surface area contributed by atoms with Crippen molar-refractivity contribution < 1.29 is 9.84 Å². The third kappa shape index (κ3) is 3.83. The van der Waals surface area contributed by atoms with Crippen LogP contribution in [0, 0.1) is 0 Å². The molecule has 0 bridgehead atoms. The Hall–Kier alpha value is -2.34. The van der Waals surface area contributed by atoms with Gasteiger partial charge < -0.3 is 20.9 Å². The van der Waals surface area contributed by atoms with Gasteiger partial charge in [-0.1, -0.05) is 19.1 Å². The van der Waals surface area contributed by atoms with Crippen molar-refractivity contribution in [3.05, 3.63) is 35.9 Å². The fourth-order valence-corrected chi connectivity index (χ4v) is 1.67. The summed E-state index contributed by atoms with van der Waals surface area (Å²) in [6.07, 6.45) is 0.985. The van der Waals surface area contributed by atoms with Gasteiger partial charge in [0.25, 0.3) is 0 Å². The average Bonchev–Trinajstić information content (AvgIpc) is 2.44. The molecule has 0 spiro atoms. The molecule has 4 N–H and O–H groups in total. The van der Waals surface area contributed by atoms with Crippen LogP contribution in [0.25, 0.3) is 0 Å². The molecule has 6 nitrogen and oxygen atoms in total. The number of aromatic nitrogens is 2. The maximum Gasteiger partial charge on any atom is 0.226 e. The number of benzene rings is 1. The third-order valence-electron chi connectivity index (χ3n) is 2.58. The molecule has 0 saturated carbocycles. The van der Waals surface area contributed by atoms with Gasteiger partial charge in [0.15, 0.2) is 0 Å². The lowest BCUT2D eigenvalue weighted by Gasteiger charge is -2.09. The molecule has 0 unspecified atom stereocenters. The second-order valence-corrected chi connectivity index (χ2v) is 4.28. The lowest BCUT2D eigenvalue weighted by molar-refractivity contribution is 0.281.